The first kappa shape index (κ1) is 26.7. The predicted molar refractivity (Wildman–Crippen MR) is 123 cm³/mol. The van der Waals surface area contributed by atoms with Gasteiger partial charge < -0.3 is 25.2 Å². The Bertz CT molecular complexity index is 522. The third-order valence-corrected chi connectivity index (χ3v) is 4.23. The minimum Gasteiger partial charge on any atom is -0.444 e. The summed E-state index contributed by atoms with van der Waals surface area (Å²) in [5.74, 6) is 0.876. The number of amides is 2. The minimum atomic E-state index is -0.502. The number of nitrogens with one attached hydrogen (secondary N) is 2. The molecule has 1 aliphatic rings. The Morgan fingerprint density at radius 2 is 1.93 bits per heavy atom. The Labute approximate surface area is 186 Å². The highest BCUT2D eigenvalue weighted by atomic mass is 127. The van der Waals surface area contributed by atoms with Crippen LogP contribution in [0.5, 0.6) is 0 Å². The topological polar surface area (TPSA) is 86.3 Å². The number of aliphatic imine (C=N–C) groups is 1. The maximum atomic E-state index is 12.3. The smallest absolute Gasteiger partial charge is 0.410 e. The summed E-state index contributed by atoms with van der Waals surface area (Å²) in [4.78, 5) is 31.9. The molecule has 1 heterocycles. The molecule has 9 heteroatoms. The first-order chi connectivity index (χ1) is 12.7. The fourth-order valence-corrected chi connectivity index (χ4v) is 2.92. The molecule has 0 saturated carbocycles. The summed E-state index contributed by atoms with van der Waals surface area (Å²) in [5, 5.41) is 6.61. The van der Waals surface area contributed by atoms with Gasteiger partial charge in [-0.25, -0.2) is 4.79 Å². The highest BCUT2D eigenvalue weighted by molar-refractivity contribution is 14.0. The van der Waals surface area contributed by atoms with Crippen LogP contribution >= 0.6 is 24.0 Å². The largest absolute Gasteiger partial charge is 0.444 e. The van der Waals surface area contributed by atoms with Crippen LogP contribution in [0.1, 0.15) is 53.9 Å². The molecule has 1 atom stereocenters. The lowest BCUT2D eigenvalue weighted by Crippen LogP contribution is -2.48. The molecule has 1 rings (SSSR count). The molecule has 8 nitrogen and oxygen atoms in total. The monoisotopic (exact) mass is 511 g/mol. The van der Waals surface area contributed by atoms with Crippen molar-refractivity contribution < 1.29 is 14.3 Å². The number of hydrogen-bond acceptors (Lipinski definition) is 4. The molecule has 1 unspecified atom stereocenters. The third kappa shape index (κ3) is 9.79. The van der Waals surface area contributed by atoms with Crippen molar-refractivity contribution in [2.45, 2.75) is 65.5 Å². The average Bonchev–Trinajstić information content (AvgIpc) is 3.06. The fourth-order valence-electron chi connectivity index (χ4n) is 2.92. The van der Waals surface area contributed by atoms with E-state index in [1.54, 1.807) is 11.9 Å². The Morgan fingerprint density at radius 1 is 1.25 bits per heavy atom. The van der Waals surface area contributed by atoms with E-state index in [2.05, 4.69) is 15.6 Å². The maximum Gasteiger partial charge on any atom is 0.410 e. The molecule has 0 aliphatic carbocycles. The molecule has 0 aromatic rings. The van der Waals surface area contributed by atoms with Crippen molar-refractivity contribution in [1.29, 1.82) is 0 Å². The van der Waals surface area contributed by atoms with Gasteiger partial charge in [-0.3, -0.25) is 9.79 Å². The van der Waals surface area contributed by atoms with Crippen LogP contribution in [0.15, 0.2) is 4.99 Å². The molecule has 1 saturated heterocycles. The molecule has 28 heavy (non-hydrogen) atoms. The molecule has 2 amide bonds. The van der Waals surface area contributed by atoms with Crippen LogP contribution in [0.4, 0.5) is 4.79 Å². The van der Waals surface area contributed by atoms with Gasteiger partial charge in [0, 0.05) is 52.2 Å². The maximum absolute atomic E-state index is 12.3. The molecular weight excluding hydrogens is 473 g/mol. The zero-order valence-corrected chi connectivity index (χ0v) is 20.5. The number of carbonyl (C=O) groups is 2. The van der Waals surface area contributed by atoms with E-state index in [0.29, 0.717) is 38.6 Å². The van der Waals surface area contributed by atoms with Crippen molar-refractivity contribution in [2.75, 3.05) is 39.8 Å². The van der Waals surface area contributed by atoms with Crippen LogP contribution in [-0.2, 0) is 9.53 Å². The summed E-state index contributed by atoms with van der Waals surface area (Å²) in [6.45, 7) is 12.8. The van der Waals surface area contributed by atoms with Crippen molar-refractivity contribution in [3.05, 3.63) is 0 Å². The fraction of sp³-hybridized carbons (Fsp3) is 0.842. The van der Waals surface area contributed by atoms with Gasteiger partial charge in [0.1, 0.15) is 5.60 Å². The SMILES string of the molecule is CCCN(CCNC(=NC)NC1CCN(C(=O)CC)C1)C(=O)OC(C)(C)C.I. The zero-order chi connectivity index (χ0) is 20.4. The van der Waals surface area contributed by atoms with Gasteiger partial charge in [-0.05, 0) is 33.6 Å². The van der Waals surface area contributed by atoms with E-state index >= 15 is 0 Å². The number of ether oxygens (including phenoxy) is 1. The number of likely N-dealkylation sites (tertiary alicyclic amines) is 1. The van der Waals surface area contributed by atoms with E-state index in [9.17, 15) is 9.59 Å². The lowest BCUT2D eigenvalue weighted by molar-refractivity contribution is -0.129. The van der Waals surface area contributed by atoms with Crippen molar-refractivity contribution >= 4 is 41.9 Å². The predicted octanol–water partition coefficient (Wildman–Crippen LogP) is 2.43. The second kappa shape index (κ2) is 13.1. The highest BCUT2D eigenvalue weighted by Crippen LogP contribution is 2.11. The number of hydrogen-bond donors (Lipinski definition) is 2. The van der Waals surface area contributed by atoms with E-state index in [-0.39, 0.29) is 42.0 Å². The number of carbonyl (C=O) groups excluding carboxylic acids is 2. The molecule has 1 aliphatic heterocycles. The summed E-state index contributed by atoms with van der Waals surface area (Å²) in [6, 6.07) is 0.198. The number of rotatable bonds is 7. The van der Waals surface area contributed by atoms with Gasteiger partial charge in [-0.2, -0.15) is 0 Å². The van der Waals surface area contributed by atoms with Crippen molar-refractivity contribution in [1.82, 2.24) is 20.4 Å². The highest BCUT2D eigenvalue weighted by Gasteiger charge is 2.26. The number of halogens is 1. The van der Waals surface area contributed by atoms with Crippen LogP contribution in [-0.4, -0.2) is 79.2 Å². The second-order valence-corrected chi connectivity index (χ2v) is 7.79. The van der Waals surface area contributed by atoms with Crippen LogP contribution < -0.4 is 10.6 Å². The third-order valence-electron chi connectivity index (χ3n) is 4.23. The van der Waals surface area contributed by atoms with Gasteiger partial charge in [-0.1, -0.05) is 13.8 Å². The lowest BCUT2D eigenvalue weighted by atomic mass is 10.2. The summed E-state index contributed by atoms with van der Waals surface area (Å²) in [6.07, 6.45) is 2.03. The van der Waals surface area contributed by atoms with Gasteiger partial charge in [-0.15, -0.1) is 24.0 Å². The molecule has 0 radical (unpaired) electrons. The summed E-state index contributed by atoms with van der Waals surface area (Å²) >= 11 is 0. The van der Waals surface area contributed by atoms with Gasteiger partial charge in [0.2, 0.25) is 5.91 Å². The Kier molecular flexibility index (Phi) is 12.5. The van der Waals surface area contributed by atoms with Crippen LogP contribution in [0.25, 0.3) is 0 Å². The normalized spacial score (nSPS) is 17.0. The molecule has 0 aromatic carbocycles. The van der Waals surface area contributed by atoms with Crippen LogP contribution in [0.2, 0.25) is 0 Å². The van der Waals surface area contributed by atoms with E-state index in [1.807, 2.05) is 39.5 Å². The second-order valence-electron chi connectivity index (χ2n) is 7.79. The van der Waals surface area contributed by atoms with Gasteiger partial charge >= 0.3 is 6.09 Å². The standard InChI is InChI=1S/C19H37N5O3.HI/c1-7-11-23(18(26)27-19(3,4)5)13-10-21-17(20-6)22-15-9-12-24(14-15)16(25)8-2;/h15H,7-14H2,1-6H3,(H2,20,21,22);1H. The van der Waals surface area contributed by atoms with E-state index < -0.39 is 5.60 Å². The number of guanidine groups is 1. The van der Waals surface area contributed by atoms with Crippen LogP contribution in [0, 0.1) is 0 Å². The lowest BCUT2D eigenvalue weighted by Gasteiger charge is -2.27. The number of nitrogens with zero attached hydrogens (tertiary/aromatic N) is 3. The quantitative estimate of drug-likeness (QED) is 0.312. The molecule has 0 aromatic heterocycles. The first-order valence-corrected chi connectivity index (χ1v) is 9.93. The van der Waals surface area contributed by atoms with E-state index in [1.165, 1.54) is 0 Å². The Hall–Kier alpha value is -1.26. The van der Waals surface area contributed by atoms with Gasteiger partial charge in [0.05, 0.1) is 0 Å². The zero-order valence-electron chi connectivity index (χ0n) is 18.2. The van der Waals surface area contributed by atoms with Crippen molar-refractivity contribution in [3.8, 4) is 0 Å². The molecule has 2 N–H and O–H groups in total. The molecule has 0 bridgehead atoms. The first-order valence-electron chi connectivity index (χ1n) is 9.93. The van der Waals surface area contributed by atoms with Crippen LogP contribution in [0.3, 0.4) is 0 Å². The summed E-state index contributed by atoms with van der Waals surface area (Å²) in [5.41, 5.74) is -0.502. The minimum absolute atomic E-state index is 0. The van der Waals surface area contributed by atoms with Crippen molar-refractivity contribution in [2.24, 2.45) is 4.99 Å². The molecule has 164 valence electrons. The van der Waals surface area contributed by atoms with Gasteiger partial charge in [0.25, 0.3) is 0 Å². The summed E-state index contributed by atoms with van der Waals surface area (Å²) in [7, 11) is 1.72. The van der Waals surface area contributed by atoms with Crippen molar-refractivity contribution in [3.63, 3.8) is 0 Å². The average molecular weight is 511 g/mol. The van der Waals surface area contributed by atoms with E-state index in [0.717, 1.165) is 19.4 Å². The molecule has 1 fully saturated rings. The molecular formula is C19H38IN5O3. The summed E-state index contributed by atoms with van der Waals surface area (Å²) < 4.78 is 5.46. The Balaban J connectivity index is 0.00000729. The van der Waals surface area contributed by atoms with E-state index in [4.69, 9.17) is 4.74 Å². The Morgan fingerprint density at radius 3 is 2.46 bits per heavy atom. The molecule has 0 spiro atoms. The van der Waals surface area contributed by atoms with Gasteiger partial charge in [0.15, 0.2) is 5.96 Å².